The Bertz CT molecular complexity index is 447. The first-order valence-corrected chi connectivity index (χ1v) is 6.95. The van der Waals surface area contributed by atoms with E-state index in [1.54, 1.807) is 25.2 Å². The summed E-state index contributed by atoms with van der Waals surface area (Å²) in [6.45, 7) is 7.50. The molecule has 1 aromatic rings. The summed E-state index contributed by atoms with van der Waals surface area (Å²) in [6.07, 6.45) is 0. The molecule has 0 spiro atoms. The smallest absolute Gasteiger partial charge is 0.251 e. The van der Waals surface area contributed by atoms with Crippen LogP contribution >= 0.6 is 0 Å². The molecule has 1 aromatic carbocycles. The molecule has 0 saturated heterocycles. The fourth-order valence-corrected chi connectivity index (χ4v) is 1.81. The van der Waals surface area contributed by atoms with Gasteiger partial charge < -0.3 is 21.1 Å². The Morgan fingerprint density at radius 3 is 2.65 bits per heavy atom. The van der Waals surface area contributed by atoms with Crippen LogP contribution in [0.3, 0.4) is 0 Å². The number of hydrogen-bond donors (Lipinski definition) is 3. The topological polar surface area (TPSA) is 76.4 Å². The van der Waals surface area contributed by atoms with Crippen LogP contribution in [-0.4, -0.2) is 32.2 Å². The third-order valence-electron chi connectivity index (χ3n) is 3.19. The molecular weight excluding hydrogens is 254 g/mol. The van der Waals surface area contributed by atoms with Crippen molar-refractivity contribution >= 4 is 17.3 Å². The Balaban J connectivity index is 2.90. The molecule has 0 aliphatic carbocycles. The van der Waals surface area contributed by atoms with Crippen LogP contribution in [0.2, 0.25) is 0 Å². The van der Waals surface area contributed by atoms with Gasteiger partial charge in [0.25, 0.3) is 5.91 Å². The van der Waals surface area contributed by atoms with Gasteiger partial charge in [-0.25, -0.2) is 0 Å². The summed E-state index contributed by atoms with van der Waals surface area (Å²) in [6, 6.07) is 5.38. The number of carbonyl (C=O) groups is 1. The predicted octanol–water partition coefficient (Wildman–Crippen LogP) is 2.10. The molecule has 1 unspecified atom stereocenters. The van der Waals surface area contributed by atoms with Gasteiger partial charge in [-0.15, -0.1) is 0 Å². The minimum atomic E-state index is -0.126. The van der Waals surface area contributed by atoms with Gasteiger partial charge in [-0.05, 0) is 31.0 Å². The molecular formula is C15H25N3O2. The first-order chi connectivity index (χ1) is 9.49. The Morgan fingerprint density at radius 2 is 2.10 bits per heavy atom. The number of nitrogens with one attached hydrogen (secondary N) is 2. The highest BCUT2D eigenvalue weighted by atomic mass is 16.5. The summed E-state index contributed by atoms with van der Waals surface area (Å²) < 4.78 is 5.49. The van der Waals surface area contributed by atoms with E-state index in [0.29, 0.717) is 30.4 Å². The van der Waals surface area contributed by atoms with Crippen LogP contribution in [0.5, 0.6) is 0 Å². The SMILES string of the molecule is CCOCC(Nc1cc(C(=O)NC)ccc1N)C(C)C. The van der Waals surface area contributed by atoms with Crippen LogP contribution in [0.1, 0.15) is 31.1 Å². The van der Waals surface area contributed by atoms with Gasteiger partial charge in [0.05, 0.1) is 24.0 Å². The van der Waals surface area contributed by atoms with Crippen molar-refractivity contribution in [1.82, 2.24) is 5.32 Å². The maximum absolute atomic E-state index is 11.7. The molecule has 0 heterocycles. The first kappa shape index (κ1) is 16.3. The van der Waals surface area contributed by atoms with Gasteiger partial charge >= 0.3 is 0 Å². The van der Waals surface area contributed by atoms with Crippen molar-refractivity contribution in [2.45, 2.75) is 26.8 Å². The maximum Gasteiger partial charge on any atom is 0.251 e. The molecule has 0 fully saturated rings. The number of benzene rings is 1. The fourth-order valence-electron chi connectivity index (χ4n) is 1.81. The zero-order chi connectivity index (χ0) is 15.1. The molecule has 0 aliphatic rings. The lowest BCUT2D eigenvalue weighted by atomic mass is 10.0. The molecule has 20 heavy (non-hydrogen) atoms. The number of hydrogen-bond acceptors (Lipinski definition) is 4. The number of carbonyl (C=O) groups excluding carboxylic acids is 1. The number of nitrogen functional groups attached to an aromatic ring is 1. The second-order valence-electron chi connectivity index (χ2n) is 5.04. The Hall–Kier alpha value is -1.75. The third-order valence-corrected chi connectivity index (χ3v) is 3.19. The van der Waals surface area contributed by atoms with E-state index in [0.717, 1.165) is 5.69 Å². The first-order valence-electron chi connectivity index (χ1n) is 6.95. The summed E-state index contributed by atoms with van der Waals surface area (Å²) in [5.41, 5.74) is 7.95. The lowest BCUT2D eigenvalue weighted by Gasteiger charge is -2.24. The van der Waals surface area contributed by atoms with Crippen molar-refractivity contribution in [2.75, 3.05) is 31.3 Å². The van der Waals surface area contributed by atoms with Crippen LogP contribution in [-0.2, 0) is 4.74 Å². The highest BCUT2D eigenvalue weighted by Gasteiger charge is 2.15. The monoisotopic (exact) mass is 279 g/mol. The zero-order valence-electron chi connectivity index (χ0n) is 12.7. The second kappa shape index (κ2) is 7.75. The van der Waals surface area contributed by atoms with Gasteiger partial charge in [-0.3, -0.25) is 4.79 Å². The van der Waals surface area contributed by atoms with E-state index in [1.807, 2.05) is 6.92 Å². The van der Waals surface area contributed by atoms with Gasteiger partial charge in [0, 0.05) is 19.2 Å². The van der Waals surface area contributed by atoms with Crippen LogP contribution in [0.4, 0.5) is 11.4 Å². The number of nitrogens with two attached hydrogens (primary N) is 1. The summed E-state index contributed by atoms with van der Waals surface area (Å²) in [5, 5.41) is 5.98. The van der Waals surface area contributed by atoms with Crippen molar-refractivity contribution in [3.8, 4) is 0 Å². The molecule has 4 N–H and O–H groups in total. The van der Waals surface area contributed by atoms with Crippen molar-refractivity contribution in [1.29, 1.82) is 0 Å². The van der Waals surface area contributed by atoms with Crippen molar-refractivity contribution in [3.05, 3.63) is 23.8 Å². The quantitative estimate of drug-likeness (QED) is 0.668. The van der Waals surface area contributed by atoms with Crippen molar-refractivity contribution in [2.24, 2.45) is 5.92 Å². The number of rotatable bonds is 7. The maximum atomic E-state index is 11.7. The van der Waals surface area contributed by atoms with Gasteiger partial charge in [-0.2, -0.15) is 0 Å². The zero-order valence-corrected chi connectivity index (χ0v) is 12.7. The molecule has 0 radical (unpaired) electrons. The van der Waals surface area contributed by atoms with E-state index in [9.17, 15) is 4.79 Å². The molecule has 0 aliphatic heterocycles. The van der Waals surface area contributed by atoms with Gasteiger partial charge in [0.15, 0.2) is 0 Å². The summed E-state index contributed by atoms with van der Waals surface area (Å²) in [7, 11) is 1.61. The summed E-state index contributed by atoms with van der Waals surface area (Å²) >= 11 is 0. The van der Waals surface area contributed by atoms with Gasteiger partial charge in [0.1, 0.15) is 0 Å². The minimum absolute atomic E-state index is 0.126. The van der Waals surface area contributed by atoms with E-state index >= 15 is 0 Å². The van der Waals surface area contributed by atoms with Crippen molar-refractivity contribution < 1.29 is 9.53 Å². The Kier molecular flexibility index (Phi) is 6.31. The predicted molar refractivity (Wildman–Crippen MR) is 83.0 cm³/mol. The lowest BCUT2D eigenvalue weighted by molar-refractivity contribution is 0.0963. The molecule has 1 atom stereocenters. The van der Waals surface area contributed by atoms with Crippen molar-refractivity contribution in [3.63, 3.8) is 0 Å². The summed E-state index contributed by atoms with van der Waals surface area (Å²) in [4.78, 5) is 11.7. The molecule has 5 heteroatoms. The lowest BCUT2D eigenvalue weighted by Crippen LogP contribution is -2.31. The average Bonchev–Trinajstić information content (AvgIpc) is 2.44. The third kappa shape index (κ3) is 4.42. The minimum Gasteiger partial charge on any atom is -0.397 e. The molecule has 0 bridgehead atoms. The number of ether oxygens (including phenoxy) is 1. The van der Waals surface area contributed by atoms with E-state index < -0.39 is 0 Å². The van der Waals surface area contributed by atoms with E-state index in [1.165, 1.54) is 0 Å². The van der Waals surface area contributed by atoms with E-state index in [4.69, 9.17) is 10.5 Å². The molecule has 112 valence electrons. The highest BCUT2D eigenvalue weighted by Crippen LogP contribution is 2.22. The van der Waals surface area contributed by atoms with Crippen LogP contribution in [0.25, 0.3) is 0 Å². The molecule has 5 nitrogen and oxygen atoms in total. The molecule has 0 aromatic heterocycles. The molecule has 1 amide bonds. The number of amides is 1. The van der Waals surface area contributed by atoms with Gasteiger partial charge in [-0.1, -0.05) is 13.8 Å². The Labute approximate surface area is 120 Å². The van der Waals surface area contributed by atoms with Crippen LogP contribution < -0.4 is 16.4 Å². The second-order valence-corrected chi connectivity index (χ2v) is 5.04. The van der Waals surface area contributed by atoms with Gasteiger partial charge in [0.2, 0.25) is 0 Å². The summed E-state index contributed by atoms with van der Waals surface area (Å²) in [5.74, 6) is 0.267. The van der Waals surface area contributed by atoms with E-state index in [2.05, 4.69) is 24.5 Å². The molecule has 1 rings (SSSR count). The number of anilines is 2. The largest absolute Gasteiger partial charge is 0.397 e. The molecule has 0 saturated carbocycles. The van der Waals surface area contributed by atoms with Crippen LogP contribution in [0.15, 0.2) is 18.2 Å². The van der Waals surface area contributed by atoms with Crippen LogP contribution in [0, 0.1) is 5.92 Å². The standard InChI is InChI=1S/C15H25N3O2/c1-5-20-9-14(10(2)3)18-13-8-11(15(19)17-4)6-7-12(13)16/h6-8,10,14,18H,5,9,16H2,1-4H3,(H,17,19). The highest BCUT2D eigenvalue weighted by molar-refractivity contribution is 5.96. The average molecular weight is 279 g/mol. The normalized spacial score (nSPS) is 12.2. The van der Waals surface area contributed by atoms with E-state index in [-0.39, 0.29) is 11.9 Å². The Morgan fingerprint density at radius 1 is 1.40 bits per heavy atom. The fraction of sp³-hybridized carbons (Fsp3) is 0.533.